The third-order valence-electron chi connectivity index (χ3n) is 11.5. The van der Waals surface area contributed by atoms with Gasteiger partial charge in [-0.15, -0.1) is 24.0 Å². The Morgan fingerprint density at radius 2 is 1.66 bits per heavy atom. The zero-order valence-electron chi connectivity index (χ0n) is 23.6. The number of fused-ring (bicyclic) bond motifs is 1. The standard InChI is InChI=1S/C16H28O.C14H24O.I2.HI/c1-5-16(10-17)9-13(16)7-11-6-12-8-15(12,4)14(11,2)3;1-5-12(10-15)7-9-13-8-6-11(2)14(13,3)4;1-2;/h11-13,17H,5-10H2,1-4H3;6-7,13,15H,5,8-10H2,1-4H3;;1H/b;12-7+;;. The second-order valence-corrected chi connectivity index (χ2v) is 13.1. The quantitative estimate of drug-likeness (QED) is 0.189. The molecule has 3 fully saturated rings. The van der Waals surface area contributed by atoms with Gasteiger partial charge in [0.25, 0.3) is 0 Å². The Hall–Kier alpha value is 1.59. The third-order valence-corrected chi connectivity index (χ3v) is 11.5. The third kappa shape index (κ3) is 7.22. The van der Waals surface area contributed by atoms with E-state index in [0.29, 0.717) is 34.2 Å². The normalized spacial score (nSPS) is 37.6. The molecule has 2 nitrogen and oxygen atoms in total. The van der Waals surface area contributed by atoms with Crippen molar-refractivity contribution >= 4 is 61.2 Å². The zero-order chi connectivity index (χ0) is 25.9. The predicted molar refractivity (Wildman–Crippen MR) is 180 cm³/mol. The van der Waals surface area contributed by atoms with Gasteiger partial charge in [0.1, 0.15) is 0 Å². The Labute approximate surface area is 257 Å². The van der Waals surface area contributed by atoms with Gasteiger partial charge in [-0.2, -0.15) is 0 Å². The lowest BCUT2D eigenvalue weighted by atomic mass is 9.69. The molecule has 2 N–H and O–H groups in total. The first-order chi connectivity index (χ1) is 15.9. The molecule has 0 aromatic heterocycles. The van der Waals surface area contributed by atoms with Crippen LogP contribution in [-0.2, 0) is 0 Å². The number of halogens is 3. The molecule has 3 saturated carbocycles. The van der Waals surface area contributed by atoms with E-state index in [1.807, 2.05) is 0 Å². The fraction of sp³-hybridized carbons (Fsp3) is 0.867. The highest BCUT2D eigenvalue weighted by Gasteiger charge is 2.68. The van der Waals surface area contributed by atoms with E-state index < -0.39 is 0 Å². The highest BCUT2D eigenvalue weighted by molar-refractivity contribution is 15.0. The van der Waals surface area contributed by atoms with Crippen LogP contribution >= 0.6 is 61.2 Å². The number of aliphatic hydroxyl groups is 2. The van der Waals surface area contributed by atoms with Crippen LogP contribution in [0.2, 0.25) is 0 Å². The first kappa shape index (κ1) is 34.6. The molecule has 206 valence electrons. The second-order valence-electron chi connectivity index (χ2n) is 13.1. The first-order valence-electron chi connectivity index (χ1n) is 13.6. The highest BCUT2D eigenvalue weighted by atomic mass is 128. The summed E-state index contributed by atoms with van der Waals surface area (Å²) in [5.74, 6) is 3.47. The summed E-state index contributed by atoms with van der Waals surface area (Å²) in [6.45, 7) is 19.4. The number of allylic oxidation sites excluding steroid dienone is 3. The summed E-state index contributed by atoms with van der Waals surface area (Å²) >= 11 is 4.24. The van der Waals surface area contributed by atoms with Crippen molar-refractivity contribution in [3.63, 3.8) is 0 Å². The van der Waals surface area contributed by atoms with Crippen molar-refractivity contribution in [2.45, 2.75) is 107 Å². The highest BCUT2D eigenvalue weighted by Crippen LogP contribution is 2.75. The Morgan fingerprint density at radius 1 is 1.03 bits per heavy atom. The van der Waals surface area contributed by atoms with Crippen molar-refractivity contribution in [3.05, 3.63) is 23.3 Å². The number of rotatable bonds is 8. The van der Waals surface area contributed by atoms with E-state index in [9.17, 15) is 5.11 Å². The Balaban J connectivity index is 0.000000321. The average molecular weight is 826 g/mol. The summed E-state index contributed by atoms with van der Waals surface area (Å²) in [6.07, 6.45) is 14.6. The largest absolute Gasteiger partial charge is 0.396 e. The average Bonchev–Trinajstić information content (AvgIpc) is 3.67. The summed E-state index contributed by atoms with van der Waals surface area (Å²) in [5.41, 5.74) is 4.54. The van der Waals surface area contributed by atoms with Crippen LogP contribution in [0.1, 0.15) is 107 Å². The lowest BCUT2D eigenvalue weighted by molar-refractivity contribution is 0.123. The van der Waals surface area contributed by atoms with E-state index in [1.54, 1.807) is 0 Å². The van der Waals surface area contributed by atoms with E-state index in [1.165, 1.54) is 49.7 Å². The smallest absolute Gasteiger partial charge is 0.0641 e. The Morgan fingerprint density at radius 3 is 2.03 bits per heavy atom. The minimum Gasteiger partial charge on any atom is -0.396 e. The molecule has 0 aromatic carbocycles. The molecule has 0 aromatic rings. The van der Waals surface area contributed by atoms with E-state index in [-0.39, 0.29) is 30.6 Å². The molecule has 0 radical (unpaired) electrons. The Kier molecular flexibility index (Phi) is 13.6. The molecule has 0 bridgehead atoms. The summed E-state index contributed by atoms with van der Waals surface area (Å²) in [7, 11) is 0. The number of hydrogen-bond acceptors (Lipinski definition) is 2. The fourth-order valence-corrected chi connectivity index (χ4v) is 7.15. The van der Waals surface area contributed by atoms with Gasteiger partial charge in [-0.1, -0.05) is 66.2 Å². The molecule has 6 atom stereocenters. The molecule has 35 heavy (non-hydrogen) atoms. The zero-order valence-corrected chi connectivity index (χ0v) is 30.2. The molecule has 0 aliphatic heterocycles. The molecular formula is C30H53I3O2. The lowest BCUT2D eigenvalue weighted by Crippen LogP contribution is -2.28. The summed E-state index contributed by atoms with van der Waals surface area (Å²) in [5, 5.41) is 18.6. The number of aliphatic hydroxyl groups excluding tert-OH is 2. The van der Waals surface area contributed by atoms with Crippen LogP contribution in [0.15, 0.2) is 23.3 Å². The molecule has 6 unspecified atom stereocenters. The predicted octanol–water partition coefficient (Wildman–Crippen LogP) is 9.94. The second kappa shape index (κ2) is 13.8. The van der Waals surface area contributed by atoms with Gasteiger partial charge >= 0.3 is 0 Å². The van der Waals surface area contributed by atoms with Gasteiger partial charge in [-0.05, 0) is 109 Å². The SMILES string of the molecule is CC/C(=C\CC1CC=C(C)C1(C)C)CO.CCC1(CO)CC1CC1CC2CC2(C)C1(C)C.I.II. The van der Waals surface area contributed by atoms with Gasteiger partial charge in [0.15, 0.2) is 0 Å². The molecule has 0 spiro atoms. The van der Waals surface area contributed by atoms with Gasteiger partial charge < -0.3 is 10.2 Å². The van der Waals surface area contributed by atoms with Gasteiger partial charge in [0.05, 0.1) is 6.61 Å². The van der Waals surface area contributed by atoms with Crippen LogP contribution < -0.4 is 0 Å². The van der Waals surface area contributed by atoms with E-state index >= 15 is 0 Å². The molecular weight excluding hydrogens is 773 g/mol. The molecule has 4 aliphatic carbocycles. The molecule has 4 rings (SSSR count). The van der Waals surface area contributed by atoms with Crippen molar-refractivity contribution in [3.8, 4) is 0 Å². The van der Waals surface area contributed by atoms with Crippen LogP contribution in [0.25, 0.3) is 0 Å². The van der Waals surface area contributed by atoms with Crippen molar-refractivity contribution in [2.24, 2.45) is 45.3 Å². The van der Waals surface area contributed by atoms with Crippen LogP contribution in [-0.4, -0.2) is 23.4 Å². The maximum atomic E-state index is 9.54. The molecule has 0 heterocycles. The van der Waals surface area contributed by atoms with Crippen LogP contribution in [0.3, 0.4) is 0 Å². The minimum absolute atomic E-state index is 0. The van der Waals surface area contributed by atoms with Gasteiger partial charge in [-0.3, -0.25) is 0 Å². The van der Waals surface area contributed by atoms with E-state index in [0.717, 1.165) is 30.6 Å². The van der Waals surface area contributed by atoms with Crippen LogP contribution in [0, 0.1) is 45.3 Å². The molecule has 5 heteroatoms. The van der Waals surface area contributed by atoms with E-state index in [4.69, 9.17) is 5.11 Å². The first-order valence-corrected chi connectivity index (χ1v) is 19.9. The van der Waals surface area contributed by atoms with E-state index in [2.05, 4.69) is 105 Å². The van der Waals surface area contributed by atoms with Crippen molar-refractivity contribution in [1.82, 2.24) is 0 Å². The summed E-state index contributed by atoms with van der Waals surface area (Å²) in [4.78, 5) is 0. The summed E-state index contributed by atoms with van der Waals surface area (Å²) in [6, 6.07) is 0. The van der Waals surface area contributed by atoms with Gasteiger partial charge in [0, 0.05) is 43.8 Å². The topological polar surface area (TPSA) is 40.5 Å². The maximum absolute atomic E-state index is 9.54. The fourth-order valence-electron chi connectivity index (χ4n) is 7.15. The molecule has 0 amide bonds. The van der Waals surface area contributed by atoms with Crippen LogP contribution in [0.5, 0.6) is 0 Å². The monoisotopic (exact) mass is 826 g/mol. The van der Waals surface area contributed by atoms with Crippen molar-refractivity contribution < 1.29 is 10.2 Å². The minimum atomic E-state index is 0. The molecule has 0 saturated heterocycles. The summed E-state index contributed by atoms with van der Waals surface area (Å²) < 4.78 is 0. The lowest BCUT2D eigenvalue weighted by Gasteiger charge is -2.36. The Bertz CT molecular complexity index is 732. The number of hydrogen-bond donors (Lipinski definition) is 2. The van der Waals surface area contributed by atoms with Gasteiger partial charge in [-0.25, -0.2) is 0 Å². The maximum Gasteiger partial charge on any atom is 0.0641 e. The molecule has 4 aliphatic rings. The van der Waals surface area contributed by atoms with Crippen molar-refractivity contribution in [2.75, 3.05) is 13.2 Å². The van der Waals surface area contributed by atoms with Gasteiger partial charge in [0.2, 0.25) is 0 Å². The van der Waals surface area contributed by atoms with Crippen LogP contribution in [0.4, 0.5) is 0 Å². The van der Waals surface area contributed by atoms with Crippen molar-refractivity contribution in [1.29, 1.82) is 0 Å².